The van der Waals surface area contributed by atoms with Crippen LogP contribution in [0.5, 0.6) is 0 Å². The average Bonchev–Trinajstić information content (AvgIpc) is 2.60. The number of likely N-dealkylation sites (N-methyl/N-ethyl adjacent to an activating group) is 1. The molecule has 1 saturated heterocycles. The molecule has 2 rings (SSSR count). The van der Waals surface area contributed by atoms with Gasteiger partial charge in [0.1, 0.15) is 6.04 Å². The highest BCUT2D eigenvalue weighted by atomic mass is 16.4. The minimum Gasteiger partial charge on any atom is -0.480 e. The van der Waals surface area contributed by atoms with Crippen molar-refractivity contribution >= 4 is 11.9 Å². The summed E-state index contributed by atoms with van der Waals surface area (Å²) in [5, 5.41) is 11.9. The van der Waals surface area contributed by atoms with Gasteiger partial charge in [-0.15, -0.1) is 0 Å². The Morgan fingerprint density at radius 2 is 1.96 bits per heavy atom. The van der Waals surface area contributed by atoms with Crippen molar-refractivity contribution in [2.75, 3.05) is 33.2 Å². The highest BCUT2D eigenvalue weighted by Crippen LogP contribution is 2.11. The van der Waals surface area contributed by atoms with Gasteiger partial charge in [0.15, 0.2) is 0 Å². The molecule has 0 radical (unpaired) electrons. The van der Waals surface area contributed by atoms with Gasteiger partial charge in [0, 0.05) is 38.3 Å². The lowest BCUT2D eigenvalue weighted by Gasteiger charge is -2.32. The number of aliphatic carboxylic acids is 1. The fraction of sp³-hybridized carbons (Fsp3) is 0.579. The van der Waals surface area contributed by atoms with Crippen molar-refractivity contribution in [1.29, 1.82) is 0 Å². The van der Waals surface area contributed by atoms with Gasteiger partial charge in [0.2, 0.25) is 0 Å². The van der Waals surface area contributed by atoms with Crippen molar-refractivity contribution < 1.29 is 14.7 Å². The van der Waals surface area contributed by atoms with E-state index in [9.17, 15) is 14.7 Å². The number of piperazine rings is 1. The van der Waals surface area contributed by atoms with Crippen molar-refractivity contribution in [3.63, 3.8) is 0 Å². The molecule has 0 aliphatic carbocycles. The van der Waals surface area contributed by atoms with Gasteiger partial charge in [-0.05, 0) is 31.2 Å². The molecule has 0 saturated carbocycles. The lowest BCUT2D eigenvalue weighted by molar-refractivity contribution is -0.139. The third-order valence-corrected chi connectivity index (χ3v) is 4.64. The summed E-state index contributed by atoms with van der Waals surface area (Å²) in [6.45, 7) is 6.96. The van der Waals surface area contributed by atoms with Crippen LogP contribution in [0.15, 0.2) is 24.3 Å². The molecule has 1 aliphatic rings. The van der Waals surface area contributed by atoms with E-state index < -0.39 is 12.0 Å². The maximum Gasteiger partial charge on any atom is 0.326 e. The van der Waals surface area contributed by atoms with E-state index in [1.54, 1.807) is 6.07 Å². The van der Waals surface area contributed by atoms with Crippen LogP contribution in [0.4, 0.5) is 0 Å². The van der Waals surface area contributed by atoms with Gasteiger partial charge in [-0.2, -0.15) is 0 Å². The van der Waals surface area contributed by atoms with Gasteiger partial charge in [-0.1, -0.05) is 31.9 Å². The first-order chi connectivity index (χ1) is 12.0. The van der Waals surface area contributed by atoms with E-state index in [0.717, 1.165) is 51.1 Å². The third kappa shape index (κ3) is 6.14. The zero-order chi connectivity index (χ0) is 18.2. The Morgan fingerprint density at radius 3 is 2.60 bits per heavy atom. The Hall–Kier alpha value is -1.92. The summed E-state index contributed by atoms with van der Waals surface area (Å²) < 4.78 is 0. The van der Waals surface area contributed by atoms with Crippen LogP contribution in [-0.4, -0.2) is 66.1 Å². The van der Waals surface area contributed by atoms with Crippen LogP contribution in [-0.2, 0) is 11.3 Å². The molecular weight excluding hydrogens is 318 g/mol. The number of hydrogen-bond donors (Lipinski definition) is 2. The van der Waals surface area contributed by atoms with E-state index in [2.05, 4.69) is 22.2 Å². The minimum atomic E-state index is -0.976. The zero-order valence-corrected chi connectivity index (χ0v) is 15.2. The number of benzene rings is 1. The summed E-state index contributed by atoms with van der Waals surface area (Å²) in [7, 11) is 2.12. The second-order valence-electron chi connectivity index (χ2n) is 6.79. The van der Waals surface area contributed by atoms with E-state index in [-0.39, 0.29) is 5.91 Å². The van der Waals surface area contributed by atoms with Crippen molar-refractivity contribution in [2.24, 2.45) is 0 Å². The molecule has 1 aliphatic heterocycles. The molecule has 0 aromatic heterocycles. The standard InChI is InChI=1S/C19H29N3O3/c1-3-4-8-17(19(24)25)20-18(23)16-7-5-6-15(13-16)14-22-11-9-21(2)10-12-22/h5-7,13,17H,3-4,8-12,14H2,1-2H3,(H,20,23)(H,24,25)/t17-/m0/s1. The molecule has 0 spiro atoms. The predicted molar refractivity (Wildman–Crippen MR) is 97.6 cm³/mol. The normalized spacial score (nSPS) is 17.2. The van der Waals surface area contributed by atoms with Gasteiger partial charge in [0.25, 0.3) is 5.91 Å². The highest BCUT2D eigenvalue weighted by Gasteiger charge is 2.20. The zero-order valence-electron chi connectivity index (χ0n) is 15.2. The molecule has 0 bridgehead atoms. The number of carbonyl (C=O) groups excluding carboxylic acids is 1. The number of hydrogen-bond acceptors (Lipinski definition) is 4. The smallest absolute Gasteiger partial charge is 0.326 e. The quantitative estimate of drug-likeness (QED) is 0.750. The molecule has 1 aromatic rings. The molecule has 2 N–H and O–H groups in total. The van der Waals surface area contributed by atoms with Crippen LogP contribution in [0.3, 0.4) is 0 Å². The molecule has 6 heteroatoms. The van der Waals surface area contributed by atoms with Crippen molar-refractivity contribution in [1.82, 2.24) is 15.1 Å². The summed E-state index contributed by atoms with van der Waals surface area (Å²) in [6, 6.07) is 6.66. The Kier molecular flexibility index (Phi) is 7.40. The van der Waals surface area contributed by atoms with Crippen molar-refractivity contribution in [2.45, 2.75) is 38.8 Å². The predicted octanol–water partition coefficient (Wildman–Crippen LogP) is 1.81. The molecular formula is C19H29N3O3. The fourth-order valence-electron chi connectivity index (χ4n) is 2.98. The molecule has 138 valence electrons. The Balaban J connectivity index is 1.96. The summed E-state index contributed by atoms with van der Waals surface area (Å²) in [5.41, 5.74) is 1.60. The number of nitrogens with zero attached hydrogens (tertiary/aromatic N) is 2. The first-order valence-electron chi connectivity index (χ1n) is 9.03. The second kappa shape index (κ2) is 9.53. The molecule has 6 nitrogen and oxygen atoms in total. The van der Waals surface area contributed by atoms with E-state index in [0.29, 0.717) is 12.0 Å². The number of carboxylic acids is 1. The highest BCUT2D eigenvalue weighted by molar-refractivity contribution is 5.96. The van der Waals surface area contributed by atoms with Crippen LogP contribution in [0.1, 0.15) is 42.1 Å². The van der Waals surface area contributed by atoms with E-state index in [4.69, 9.17) is 0 Å². The summed E-state index contributed by atoms with van der Waals surface area (Å²) in [6.07, 6.45) is 2.14. The summed E-state index contributed by atoms with van der Waals surface area (Å²) in [5.74, 6) is -1.29. The number of unbranched alkanes of at least 4 members (excludes halogenated alkanes) is 1. The van der Waals surface area contributed by atoms with Gasteiger partial charge in [-0.25, -0.2) is 4.79 Å². The second-order valence-corrected chi connectivity index (χ2v) is 6.79. The van der Waals surface area contributed by atoms with Gasteiger partial charge in [0.05, 0.1) is 0 Å². The number of amides is 1. The van der Waals surface area contributed by atoms with Gasteiger partial charge < -0.3 is 15.3 Å². The largest absolute Gasteiger partial charge is 0.480 e. The van der Waals surface area contributed by atoms with Gasteiger partial charge in [-0.3, -0.25) is 9.69 Å². The SMILES string of the molecule is CCCC[C@H](NC(=O)c1cccc(CN2CCN(C)CC2)c1)C(=O)O. The summed E-state index contributed by atoms with van der Waals surface area (Å²) in [4.78, 5) is 28.4. The third-order valence-electron chi connectivity index (χ3n) is 4.64. The average molecular weight is 347 g/mol. The van der Waals surface area contributed by atoms with Crippen LogP contribution >= 0.6 is 0 Å². The summed E-state index contributed by atoms with van der Waals surface area (Å²) >= 11 is 0. The Bertz CT molecular complexity index is 583. The maximum absolute atomic E-state index is 12.4. The van der Waals surface area contributed by atoms with E-state index >= 15 is 0 Å². The maximum atomic E-state index is 12.4. The van der Waals surface area contributed by atoms with Crippen LogP contribution in [0.2, 0.25) is 0 Å². The number of nitrogens with one attached hydrogen (secondary N) is 1. The molecule has 1 amide bonds. The fourth-order valence-corrected chi connectivity index (χ4v) is 2.98. The van der Waals surface area contributed by atoms with Crippen LogP contribution in [0.25, 0.3) is 0 Å². The molecule has 25 heavy (non-hydrogen) atoms. The number of carbonyl (C=O) groups is 2. The van der Waals surface area contributed by atoms with Gasteiger partial charge >= 0.3 is 5.97 Å². The Morgan fingerprint density at radius 1 is 1.24 bits per heavy atom. The molecule has 1 aromatic carbocycles. The van der Waals surface area contributed by atoms with Crippen LogP contribution < -0.4 is 5.32 Å². The monoisotopic (exact) mass is 347 g/mol. The van der Waals surface area contributed by atoms with Crippen LogP contribution in [0, 0.1) is 0 Å². The number of rotatable bonds is 8. The molecule has 1 fully saturated rings. The number of carboxylic acid groups (broad SMARTS) is 1. The molecule has 1 atom stereocenters. The lowest BCUT2D eigenvalue weighted by atomic mass is 10.1. The first-order valence-corrected chi connectivity index (χ1v) is 9.03. The van der Waals surface area contributed by atoms with Crippen molar-refractivity contribution in [3.05, 3.63) is 35.4 Å². The molecule has 1 heterocycles. The van der Waals surface area contributed by atoms with Crippen molar-refractivity contribution in [3.8, 4) is 0 Å². The first kappa shape index (κ1) is 19.4. The lowest BCUT2D eigenvalue weighted by Crippen LogP contribution is -2.44. The topological polar surface area (TPSA) is 72.9 Å². The Labute approximate surface area is 149 Å². The van der Waals surface area contributed by atoms with E-state index in [1.165, 1.54) is 0 Å². The molecule has 0 unspecified atom stereocenters. The minimum absolute atomic E-state index is 0.316. The van der Waals surface area contributed by atoms with E-state index in [1.807, 2.05) is 25.1 Å².